The van der Waals surface area contributed by atoms with Crippen molar-refractivity contribution in [1.82, 2.24) is 5.32 Å². The van der Waals surface area contributed by atoms with Crippen LogP contribution in [0.1, 0.15) is 37.7 Å². The molecule has 1 heterocycles. The maximum absolute atomic E-state index is 12.8. The highest BCUT2D eigenvalue weighted by Crippen LogP contribution is 2.32. The van der Waals surface area contributed by atoms with Crippen LogP contribution in [0.25, 0.3) is 0 Å². The lowest BCUT2D eigenvalue weighted by Gasteiger charge is -2.35. The Morgan fingerprint density at radius 1 is 1.13 bits per heavy atom. The van der Waals surface area contributed by atoms with Gasteiger partial charge in [-0.1, -0.05) is 12.5 Å². The highest BCUT2D eigenvalue weighted by Gasteiger charge is 2.32. The molecule has 0 atom stereocenters. The molecule has 1 aromatic rings. The minimum absolute atomic E-state index is 0.144. The summed E-state index contributed by atoms with van der Waals surface area (Å²) in [4.78, 5) is 13.9. The fraction of sp³-hybridized carbons (Fsp3) is 0.588. The molecule has 1 N–H and O–H groups in total. The number of carbonyl (C=O) groups excluding carboxylic acids is 1. The Morgan fingerprint density at radius 3 is 2.39 bits per heavy atom. The third-order valence-electron chi connectivity index (χ3n) is 4.86. The number of rotatable bonds is 3. The number of nitrogens with zero attached hydrogens (tertiary/aromatic N) is 1. The third kappa shape index (κ3) is 3.79. The van der Waals surface area contributed by atoms with Gasteiger partial charge in [0, 0.05) is 30.7 Å². The fourth-order valence-electron chi connectivity index (χ4n) is 3.15. The molecule has 1 aromatic carbocycles. The van der Waals surface area contributed by atoms with Gasteiger partial charge in [0.15, 0.2) is 0 Å². The van der Waals surface area contributed by atoms with Crippen molar-refractivity contribution in [1.29, 1.82) is 0 Å². The second-order valence-corrected chi connectivity index (χ2v) is 6.45. The molecule has 1 saturated carbocycles. The number of benzene rings is 1. The van der Waals surface area contributed by atoms with Crippen LogP contribution in [0, 0.1) is 5.92 Å². The number of alkyl halides is 3. The summed E-state index contributed by atoms with van der Waals surface area (Å²) in [5, 5.41) is 3.08. The van der Waals surface area contributed by atoms with Crippen LogP contribution < -0.4 is 10.2 Å². The van der Waals surface area contributed by atoms with E-state index >= 15 is 0 Å². The predicted molar refractivity (Wildman–Crippen MR) is 82.2 cm³/mol. The number of piperidine rings is 1. The van der Waals surface area contributed by atoms with Gasteiger partial charge < -0.3 is 10.2 Å². The Balaban J connectivity index is 1.55. The maximum atomic E-state index is 12.8. The minimum atomic E-state index is -4.31. The molecule has 1 amide bonds. The van der Waals surface area contributed by atoms with Crippen LogP contribution >= 0.6 is 0 Å². The van der Waals surface area contributed by atoms with Gasteiger partial charge in [0.2, 0.25) is 5.91 Å². The zero-order valence-electron chi connectivity index (χ0n) is 12.9. The van der Waals surface area contributed by atoms with E-state index in [-0.39, 0.29) is 17.9 Å². The summed E-state index contributed by atoms with van der Waals surface area (Å²) in [6.45, 7) is 1.33. The molecule has 1 aliphatic heterocycles. The van der Waals surface area contributed by atoms with Crippen molar-refractivity contribution in [3.63, 3.8) is 0 Å². The van der Waals surface area contributed by atoms with E-state index in [1.807, 2.05) is 4.90 Å². The Kier molecular flexibility index (Phi) is 4.50. The Morgan fingerprint density at radius 2 is 1.83 bits per heavy atom. The van der Waals surface area contributed by atoms with Crippen molar-refractivity contribution >= 4 is 11.6 Å². The molecule has 2 aliphatic rings. The number of amides is 1. The monoisotopic (exact) mass is 326 g/mol. The number of hydrogen-bond acceptors (Lipinski definition) is 2. The van der Waals surface area contributed by atoms with Crippen LogP contribution in [0.2, 0.25) is 0 Å². The topological polar surface area (TPSA) is 32.3 Å². The SMILES string of the molecule is O=C(NC1CCN(c2cccc(C(F)(F)F)c2)CC1)C1CCC1. The van der Waals surface area contributed by atoms with Crippen molar-refractivity contribution in [2.45, 2.75) is 44.3 Å². The van der Waals surface area contributed by atoms with Crippen molar-refractivity contribution in [3.05, 3.63) is 29.8 Å². The quantitative estimate of drug-likeness (QED) is 0.921. The first-order valence-corrected chi connectivity index (χ1v) is 8.16. The first-order valence-electron chi connectivity index (χ1n) is 8.16. The Hall–Kier alpha value is -1.72. The van der Waals surface area contributed by atoms with Crippen LogP contribution in [-0.4, -0.2) is 25.0 Å². The van der Waals surface area contributed by atoms with Gasteiger partial charge in [0.1, 0.15) is 0 Å². The van der Waals surface area contributed by atoms with Crippen molar-refractivity contribution < 1.29 is 18.0 Å². The van der Waals surface area contributed by atoms with Gasteiger partial charge in [-0.15, -0.1) is 0 Å². The largest absolute Gasteiger partial charge is 0.416 e. The lowest BCUT2D eigenvalue weighted by molar-refractivity contribution is -0.137. The Labute approximate surface area is 133 Å². The van der Waals surface area contributed by atoms with E-state index in [1.54, 1.807) is 6.07 Å². The molecule has 23 heavy (non-hydrogen) atoms. The fourth-order valence-corrected chi connectivity index (χ4v) is 3.15. The molecular formula is C17H21F3N2O. The molecule has 1 aliphatic carbocycles. The van der Waals surface area contributed by atoms with Crippen LogP contribution in [0.15, 0.2) is 24.3 Å². The van der Waals surface area contributed by atoms with Gasteiger partial charge in [-0.3, -0.25) is 4.79 Å². The molecule has 6 heteroatoms. The highest BCUT2D eigenvalue weighted by molar-refractivity contribution is 5.79. The van der Waals surface area contributed by atoms with Crippen LogP contribution in [0.3, 0.4) is 0 Å². The standard InChI is InChI=1S/C17H21F3N2O/c18-17(19,20)13-5-2-6-15(11-13)22-9-7-14(8-10-22)21-16(23)12-3-1-4-12/h2,5-6,11-12,14H,1,3-4,7-10H2,(H,21,23). The van der Waals surface area contributed by atoms with Gasteiger partial charge >= 0.3 is 6.18 Å². The van der Waals surface area contributed by atoms with Gasteiger partial charge in [0.25, 0.3) is 0 Å². The summed E-state index contributed by atoms with van der Waals surface area (Å²) >= 11 is 0. The van der Waals surface area contributed by atoms with E-state index < -0.39 is 11.7 Å². The average molecular weight is 326 g/mol. The summed E-state index contributed by atoms with van der Waals surface area (Å²) in [6, 6.07) is 5.60. The number of carbonyl (C=O) groups is 1. The molecule has 126 valence electrons. The first kappa shape index (κ1) is 16.1. The van der Waals surface area contributed by atoms with E-state index in [1.165, 1.54) is 12.1 Å². The third-order valence-corrected chi connectivity index (χ3v) is 4.86. The molecule has 0 spiro atoms. The van der Waals surface area contributed by atoms with E-state index in [4.69, 9.17) is 0 Å². The summed E-state index contributed by atoms with van der Waals surface area (Å²) in [5.41, 5.74) is -0.0148. The van der Waals surface area contributed by atoms with Crippen molar-refractivity contribution in [3.8, 4) is 0 Å². The molecule has 3 rings (SSSR count). The Bertz CT molecular complexity index is 561. The zero-order chi connectivity index (χ0) is 16.4. The van der Waals surface area contributed by atoms with Gasteiger partial charge in [0.05, 0.1) is 5.56 Å². The summed E-state index contributed by atoms with van der Waals surface area (Å²) in [5.74, 6) is 0.324. The van der Waals surface area contributed by atoms with E-state index in [2.05, 4.69) is 5.32 Å². The first-order chi connectivity index (χ1) is 10.9. The molecule has 0 aromatic heterocycles. The zero-order valence-corrected chi connectivity index (χ0v) is 12.9. The molecule has 1 saturated heterocycles. The van der Waals surface area contributed by atoms with Crippen molar-refractivity contribution in [2.24, 2.45) is 5.92 Å². The van der Waals surface area contributed by atoms with E-state index in [0.717, 1.165) is 38.2 Å². The lowest BCUT2D eigenvalue weighted by atomic mass is 9.84. The van der Waals surface area contributed by atoms with E-state index in [0.29, 0.717) is 18.8 Å². The molecule has 0 unspecified atom stereocenters. The van der Waals surface area contributed by atoms with Gasteiger partial charge in [-0.2, -0.15) is 13.2 Å². The highest BCUT2D eigenvalue weighted by atomic mass is 19.4. The van der Waals surface area contributed by atoms with Crippen LogP contribution in [-0.2, 0) is 11.0 Å². The lowest BCUT2D eigenvalue weighted by Crippen LogP contribution is -2.47. The molecule has 0 radical (unpaired) electrons. The maximum Gasteiger partial charge on any atom is 0.416 e. The minimum Gasteiger partial charge on any atom is -0.371 e. The predicted octanol–water partition coefficient (Wildman–Crippen LogP) is 3.59. The smallest absolute Gasteiger partial charge is 0.371 e. The number of halogens is 3. The van der Waals surface area contributed by atoms with E-state index in [9.17, 15) is 18.0 Å². The van der Waals surface area contributed by atoms with Crippen LogP contribution in [0.4, 0.5) is 18.9 Å². The second-order valence-electron chi connectivity index (χ2n) is 6.45. The summed E-state index contributed by atoms with van der Waals surface area (Å²) in [7, 11) is 0. The summed E-state index contributed by atoms with van der Waals surface area (Å²) < 4.78 is 38.4. The number of hydrogen-bond donors (Lipinski definition) is 1. The molecule has 2 fully saturated rings. The summed E-state index contributed by atoms with van der Waals surface area (Å²) in [6.07, 6.45) is 0.324. The normalized spacial score (nSPS) is 20.2. The molecule has 0 bridgehead atoms. The average Bonchev–Trinajstić information content (AvgIpc) is 2.45. The molecular weight excluding hydrogens is 305 g/mol. The molecule has 3 nitrogen and oxygen atoms in total. The van der Waals surface area contributed by atoms with Crippen molar-refractivity contribution in [2.75, 3.05) is 18.0 Å². The van der Waals surface area contributed by atoms with Crippen LogP contribution in [0.5, 0.6) is 0 Å². The van der Waals surface area contributed by atoms with Gasteiger partial charge in [-0.25, -0.2) is 0 Å². The van der Waals surface area contributed by atoms with Gasteiger partial charge in [-0.05, 0) is 43.9 Å². The number of nitrogens with one attached hydrogen (secondary N) is 1. The number of anilines is 1. The second kappa shape index (κ2) is 6.42.